The van der Waals surface area contributed by atoms with Gasteiger partial charge in [0.15, 0.2) is 0 Å². The lowest BCUT2D eigenvalue weighted by atomic mass is 10.1. The maximum atomic E-state index is 12.2. The highest BCUT2D eigenvalue weighted by Crippen LogP contribution is 2.29. The average Bonchev–Trinajstić information content (AvgIpc) is 2.04. The van der Waals surface area contributed by atoms with Crippen LogP contribution in [0.15, 0.2) is 6.20 Å². The number of halogens is 3. The molecule has 1 aromatic heterocycles. The number of rotatable bonds is 2. The van der Waals surface area contributed by atoms with Gasteiger partial charge in [-0.15, -0.1) is 0 Å². The molecule has 72 valence electrons. The highest BCUT2D eigenvalue weighted by atomic mass is 35.5. The van der Waals surface area contributed by atoms with Gasteiger partial charge in [-0.1, -0.05) is 11.6 Å². The van der Waals surface area contributed by atoms with Gasteiger partial charge in [0, 0.05) is 11.8 Å². The van der Waals surface area contributed by atoms with Crippen LogP contribution in [0.4, 0.5) is 8.78 Å². The third-order valence-electron chi connectivity index (χ3n) is 1.73. The Kier molecular flexibility index (Phi) is 3.17. The van der Waals surface area contributed by atoms with Crippen LogP contribution in [-0.2, 0) is 6.61 Å². The van der Waals surface area contributed by atoms with E-state index < -0.39 is 12.1 Å². The van der Waals surface area contributed by atoms with E-state index in [4.69, 9.17) is 16.7 Å². The number of aliphatic hydroxyl groups is 1. The second-order valence-corrected chi connectivity index (χ2v) is 2.96. The number of aromatic nitrogens is 1. The Morgan fingerprint density at radius 1 is 1.62 bits per heavy atom. The van der Waals surface area contributed by atoms with Crippen molar-refractivity contribution >= 4 is 11.6 Å². The minimum atomic E-state index is -2.71. The Labute approximate surface area is 79.2 Å². The quantitative estimate of drug-likeness (QED) is 0.808. The van der Waals surface area contributed by atoms with Crippen LogP contribution in [0.1, 0.15) is 23.2 Å². The molecule has 0 aliphatic heterocycles. The second kappa shape index (κ2) is 3.98. The van der Waals surface area contributed by atoms with Gasteiger partial charge in [0.05, 0.1) is 11.6 Å². The summed E-state index contributed by atoms with van der Waals surface area (Å²) in [7, 11) is 0. The summed E-state index contributed by atoms with van der Waals surface area (Å²) in [4.78, 5) is 3.49. The highest BCUT2D eigenvalue weighted by Gasteiger charge is 2.17. The Balaban J connectivity index is 3.27. The number of nitrogens with zero attached hydrogens (tertiary/aromatic N) is 1. The van der Waals surface area contributed by atoms with Gasteiger partial charge >= 0.3 is 0 Å². The number of aliphatic hydroxyl groups excluding tert-OH is 1. The zero-order chi connectivity index (χ0) is 10.0. The fourth-order valence-corrected chi connectivity index (χ4v) is 1.31. The van der Waals surface area contributed by atoms with Crippen molar-refractivity contribution in [1.29, 1.82) is 0 Å². The molecule has 1 heterocycles. The average molecular weight is 208 g/mol. The van der Waals surface area contributed by atoms with Gasteiger partial charge in [0.25, 0.3) is 6.43 Å². The van der Waals surface area contributed by atoms with E-state index >= 15 is 0 Å². The fourth-order valence-electron chi connectivity index (χ4n) is 0.975. The summed E-state index contributed by atoms with van der Waals surface area (Å²) in [6.07, 6.45) is -1.43. The lowest BCUT2D eigenvalue weighted by Gasteiger charge is -2.08. The molecule has 0 saturated heterocycles. The molecule has 0 saturated carbocycles. The van der Waals surface area contributed by atoms with Crippen molar-refractivity contribution in [3.05, 3.63) is 28.0 Å². The van der Waals surface area contributed by atoms with E-state index in [1.54, 1.807) is 6.92 Å². The molecule has 0 radical (unpaired) electrons. The maximum absolute atomic E-state index is 12.2. The zero-order valence-corrected chi connectivity index (χ0v) is 7.65. The molecule has 0 unspecified atom stereocenters. The summed E-state index contributed by atoms with van der Waals surface area (Å²) >= 11 is 5.61. The van der Waals surface area contributed by atoms with Crippen molar-refractivity contribution in [2.75, 3.05) is 0 Å². The Morgan fingerprint density at radius 2 is 2.23 bits per heavy atom. The lowest BCUT2D eigenvalue weighted by molar-refractivity contribution is 0.146. The molecular weight excluding hydrogens is 200 g/mol. The summed E-state index contributed by atoms with van der Waals surface area (Å²) in [5.41, 5.74) is 0.445. The normalized spacial score (nSPS) is 10.9. The van der Waals surface area contributed by atoms with Crippen LogP contribution in [0.2, 0.25) is 5.02 Å². The summed E-state index contributed by atoms with van der Waals surface area (Å²) in [6.45, 7) is 1.30. The van der Waals surface area contributed by atoms with Crippen molar-refractivity contribution in [2.24, 2.45) is 0 Å². The summed E-state index contributed by atoms with van der Waals surface area (Å²) in [5, 5.41) is 8.71. The van der Waals surface area contributed by atoms with Crippen LogP contribution in [0.5, 0.6) is 0 Å². The van der Waals surface area contributed by atoms with E-state index in [1.165, 1.54) is 6.20 Å². The van der Waals surface area contributed by atoms with Crippen LogP contribution in [0.25, 0.3) is 0 Å². The zero-order valence-electron chi connectivity index (χ0n) is 6.89. The third-order valence-corrected chi connectivity index (χ3v) is 2.15. The molecule has 0 fully saturated rings. The van der Waals surface area contributed by atoms with Gasteiger partial charge in [-0.3, -0.25) is 4.98 Å². The first-order valence-corrected chi connectivity index (χ1v) is 3.98. The third kappa shape index (κ3) is 1.95. The summed E-state index contributed by atoms with van der Waals surface area (Å²) < 4.78 is 24.5. The molecule has 0 atom stereocenters. The first-order valence-electron chi connectivity index (χ1n) is 3.60. The molecule has 0 spiro atoms. The van der Waals surface area contributed by atoms with Crippen LogP contribution >= 0.6 is 11.6 Å². The van der Waals surface area contributed by atoms with E-state index in [2.05, 4.69) is 4.98 Å². The van der Waals surface area contributed by atoms with Crippen LogP contribution < -0.4 is 0 Å². The molecule has 0 aliphatic carbocycles. The Hall–Kier alpha value is -0.740. The van der Waals surface area contributed by atoms with Crippen LogP contribution in [0, 0.1) is 6.92 Å². The number of pyridine rings is 1. The van der Waals surface area contributed by atoms with Gasteiger partial charge in [0.1, 0.15) is 5.69 Å². The molecule has 13 heavy (non-hydrogen) atoms. The lowest BCUT2D eigenvalue weighted by Crippen LogP contribution is -1.99. The topological polar surface area (TPSA) is 33.1 Å². The van der Waals surface area contributed by atoms with Crippen LogP contribution in [0.3, 0.4) is 0 Å². The predicted octanol–water partition coefficient (Wildman–Crippen LogP) is 2.47. The standard InChI is InChI=1S/C8H8ClF2NO/c1-4-2-12-7(8(10)11)6(9)5(4)3-13/h2,8,13H,3H2,1H3. The first kappa shape index (κ1) is 10.3. The molecular formula is C8H8ClF2NO. The van der Waals surface area contributed by atoms with Gasteiger partial charge in [-0.2, -0.15) is 0 Å². The van der Waals surface area contributed by atoms with Gasteiger partial charge in [-0.05, 0) is 12.5 Å². The van der Waals surface area contributed by atoms with Crippen LogP contribution in [-0.4, -0.2) is 10.1 Å². The molecule has 0 aromatic carbocycles. The van der Waals surface area contributed by atoms with Crippen molar-refractivity contribution in [2.45, 2.75) is 20.0 Å². The van der Waals surface area contributed by atoms with E-state index in [-0.39, 0.29) is 11.6 Å². The van der Waals surface area contributed by atoms with Gasteiger partial charge in [0.2, 0.25) is 0 Å². The molecule has 1 aromatic rings. The molecule has 1 rings (SSSR count). The smallest absolute Gasteiger partial charge is 0.281 e. The first-order chi connectivity index (χ1) is 6.07. The molecule has 5 heteroatoms. The Morgan fingerprint density at radius 3 is 2.69 bits per heavy atom. The van der Waals surface area contributed by atoms with E-state index in [0.29, 0.717) is 11.1 Å². The monoisotopic (exact) mass is 207 g/mol. The molecule has 0 bridgehead atoms. The number of hydrogen-bond donors (Lipinski definition) is 1. The van der Waals surface area contributed by atoms with Crippen molar-refractivity contribution < 1.29 is 13.9 Å². The molecule has 2 nitrogen and oxygen atoms in total. The highest BCUT2D eigenvalue weighted by molar-refractivity contribution is 6.32. The van der Waals surface area contributed by atoms with Gasteiger partial charge < -0.3 is 5.11 Å². The predicted molar refractivity (Wildman–Crippen MR) is 44.9 cm³/mol. The SMILES string of the molecule is Cc1cnc(C(F)F)c(Cl)c1CO. The van der Waals surface area contributed by atoms with E-state index in [0.717, 1.165) is 0 Å². The second-order valence-electron chi connectivity index (χ2n) is 2.58. The minimum Gasteiger partial charge on any atom is -0.392 e. The van der Waals surface area contributed by atoms with Crippen molar-refractivity contribution in [3.63, 3.8) is 0 Å². The fraction of sp³-hybridized carbons (Fsp3) is 0.375. The number of alkyl halides is 2. The number of hydrogen-bond acceptors (Lipinski definition) is 2. The molecule has 0 amide bonds. The van der Waals surface area contributed by atoms with Crippen molar-refractivity contribution in [1.82, 2.24) is 4.98 Å². The van der Waals surface area contributed by atoms with Crippen molar-refractivity contribution in [3.8, 4) is 0 Å². The van der Waals surface area contributed by atoms with E-state index in [9.17, 15) is 8.78 Å². The molecule has 1 N–H and O–H groups in total. The molecule has 0 aliphatic rings. The summed E-state index contributed by atoms with van der Waals surface area (Å²) in [6, 6.07) is 0. The number of aryl methyl sites for hydroxylation is 1. The maximum Gasteiger partial charge on any atom is 0.281 e. The Bertz CT molecular complexity index is 317. The largest absolute Gasteiger partial charge is 0.392 e. The van der Waals surface area contributed by atoms with Gasteiger partial charge in [-0.25, -0.2) is 8.78 Å². The summed E-state index contributed by atoms with van der Waals surface area (Å²) in [5.74, 6) is 0. The minimum absolute atomic E-state index is 0.141. The van der Waals surface area contributed by atoms with E-state index in [1.807, 2.05) is 0 Å².